The summed E-state index contributed by atoms with van der Waals surface area (Å²) in [6.45, 7) is 1.90. The summed E-state index contributed by atoms with van der Waals surface area (Å²) in [6, 6.07) is 15.6. The number of halogens is 1. The average Bonchev–Trinajstić information content (AvgIpc) is 3.07. The van der Waals surface area contributed by atoms with E-state index in [4.69, 9.17) is 16.0 Å². The molecule has 3 aromatic rings. The van der Waals surface area contributed by atoms with Crippen LogP contribution in [0.3, 0.4) is 0 Å². The average molecular weight is 340 g/mol. The zero-order valence-corrected chi connectivity index (χ0v) is 13.6. The highest BCUT2D eigenvalue weighted by Crippen LogP contribution is 2.24. The molecular formula is C19H14ClNO3. The maximum atomic E-state index is 12.5. The van der Waals surface area contributed by atoms with Crippen molar-refractivity contribution in [3.8, 4) is 11.3 Å². The molecule has 0 atom stereocenters. The molecule has 3 rings (SSSR count). The van der Waals surface area contributed by atoms with Gasteiger partial charge in [0.2, 0.25) is 0 Å². The second kappa shape index (κ2) is 6.72. The van der Waals surface area contributed by atoms with Crippen molar-refractivity contribution in [3.05, 3.63) is 76.5 Å². The number of hydrogen-bond acceptors (Lipinski definition) is 3. The molecule has 1 heterocycles. The van der Waals surface area contributed by atoms with Crippen molar-refractivity contribution in [2.45, 2.75) is 6.92 Å². The highest BCUT2D eigenvalue weighted by molar-refractivity contribution is 6.31. The van der Waals surface area contributed by atoms with Crippen LogP contribution < -0.4 is 5.32 Å². The Balaban J connectivity index is 1.86. The van der Waals surface area contributed by atoms with E-state index in [2.05, 4.69) is 5.32 Å². The molecule has 2 aromatic carbocycles. The first kappa shape index (κ1) is 16.0. The number of anilines is 1. The van der Waals surface area contributed by atoms with Gasteiger partial charge >= 0.3 is 0 Å². The van der Waals surface area contributed by atoms with Crippen molar-refractivity contribution in [1.29, 1.82) is 0 Å². The van der Waals surface area contributed by atoms with Gasteiger partial charge in [0.15, 0.2) is 12.0 Å². The Hall–Kier alpha value is -2.85. The number of rotatable bonds is 4. The van der Waals surface area contributed by atoms with Gasteiger partial charge in [-0.2, -0.15) is 0 Å². The van der Waals surface area contributed by atoms with Crippen LogP contribution >= 0.6 is 11.6 Å². The zero-order chi connectivity index (χ0) is 17.1. The molecule has 0 aliphatic rings. The van der Waals surface area contributed by atoms with Crippen molar-refractivity contribution < 1.29 is 14.0 Å². The standard InChI is InChI=1S/C19H14ClNO3/c1-12-5-6-15(20)10-17(12)21-19(23)14-4-2-3-13(9-14)18-8-7-16(11-22)24-18/h2-11H,1H3,(H,21,23). The van der Waals surface area contributed by atoms with Crippen LogP contribution in [0.25, 0.3) is 11.3 Å². The lowest BCUT2D eigenvalue weighted by Crippen LogP contribution is -2.12. The van der Waals surface area contributed by atoms with Crippen LogP contribution in [0.1, 0.15) is 26.5 Å². The normalized spacial score (nSPS) is 10.4. The van der Waals surface area contributed by atoms with Gasteiger partial charge in [-0.3, -0.25) is 9.59 Å². The molecule has 0 bridgehead atoms. The molecule has 120 valence electrons. The van der Waals surface area contributed by atoms with Crippen LogP contribution in [-0.2, 0) is 0 Å². The zero-order valence-electron chi connectivity index (χ0n) is 12.9. The molecule has 0 saturated carbocycles. The summed E-state index contributed by atoms with van der Waals surface area (Å²) in [4.78, 5) is 23.2. The predicted octanol–water partition coefficient (Wildman–Crippen LogP) is 4.97. The molecule has 1 N–H and O–H groups in total. The highest BCUT2D eigenvalue weighted by Gasteiger charge is 2.11. The van der Waals surface area contributed by atoms with Gasteiger partial charge < -0.3 is 9.73 Å². The topological polar surface area (TPSA) is 59.3 Å². The Morgan fingerprint density at radius 3 is 2.71 bits per heavy atom. The van der Waals surface area contributed by atoms with Gasteiger partial charge in [-0.05, 0) is 48.9 Å². The minimum atomic E-state index is -0.246. The summed E-state index contributed by atoms with van der Waals surface area (Å²) in [5.74, 6) is 0.532. The Bertz CT molecular complexity index is 914. The second-order valence-electron chi connectivity index (χ2n) is 5.31. The first-order valence-electron chi connectivity index (χ1n) is 7.30. The summed E-state index contributed by atoms with van der Waals surface area (Å²) in [7, 11) is 0. The lowest BCUT2D eigenvalue weighted by atomic mass is 10.1. The fraction of sp³-hybridized carbons (Fsp3) is 0.0526. The van der Waals surface area contributed by atoms with Gasteiger partial charge in [0, 0.05) is 21.8 Å². The summed E-state index contributed by atoms with van der Waals surface area (Å²) >= 11 is 5.98. The largest absolute Gasteiger partial charge is 0.453 e. The quantitative estimate of drug-likeness (QED) is 0.682. The van der Waals surface area contributed by atoms with Crippen molar-refractivity contribution in [1.82, 2.24) is 0 Å². The number of carbonyl (C=O) groups is 2. The maximum absolute atomic E-state index is 12.5. The third kappa shape index (κ3) is 3.39. The number of aryl methyl sites for hydroxylation is 1. The van der Waals surface area contributed by atoms with Crippen LogP contribution in [-0.4, -0.2) is 12.2 Å². The molecule has 24 heavy (non-hydrogen) atoms. The third-order valence-corrected chi connectivity index (χ3v) is 3.84. The lowest BCUT2D eigenvalue weighted by molar-refractivity contribution is 0.102. The number of hydrogen-bond donors (Lipinski definition) is 1. The SMILES string of the molecule is Cc1ccc(Cl)cc1NC(=O)c1cccc(-c2ccc(C=O)o2)c1. The van der Waals surface area contributed by atoms with Crippen LogP contribution in [0.4, 0.5) is 5.69 Å². The van der Waals surface area contributed by atoms with E-state index in [1.807, 2.05) is 19.1 Å². The number of nitrogens with one attached hydrogen (secondary N) is 1. The Labute approximate surface area is 144 Å². The van der Waals surface area contributed by atoms with Crippen LogP contribution in [0.15, 0.2) is 59.0 Å². The minimum absolute atomic E-state index is 0.245. The van der Waals surface area contributed by atoms with Crippen LogP contribution in [0.5, 0.6) is 0 Å². The number of amides is 1. The Kier molecular flexibility index (Phi) is 4.49. The number of furan rings is 1. The van der Waals surface area contributed by atoms with Crippen molar-refractivity contribution in [2.75, 3.05) is 5.32 Å². The molecule has 5 heteroatoms. The van der Waals surface area contributed by atoms with Crippen LogP contribution in [0, 0.1) is 6.92 Å². The molecule has 0 aliphatic carbocycles. The van der Waals surface area contributed by atoms with Gasteiger partial charge in [-0.15, -0.1) is 0 Å². The molecule has 4 nitrogen and oxygen atoms in total. The van der Waals surface area contributed by atoms with Crippen LogP contribution in [0.2, 0.25) is 5.02 Å². The van der Waals surface area contributed by atoms with E-state index in [9.17, 15) is 9.59 Å². The van der Waals surface area contributed by atoms with Gasteiger partial charge in [0.25, 0.3) is 5.91 Å². The van der Waals surface area contributed by atoms with Crippen molar-refractivity contribution in [3.63, 3.8) is 0 Å². The molecule has 0 spiro atoms. The fourth-order valence-electron chi connectivity index (χ4n) is 2.31. The number of benzene rings is 2. The first-order valence-corrected chi connectivity index (χ1v) is 7.67. The predicted molar refractivity (Wildman–Crippen MR) is 93.7 cm³/mol. The molecule has 0 aliphatic heterocycles. The van der Waals surface area contributed by atoms with E-state index >= 15 is 0 Å². The molecule has 0 radical (unpaired) electrons. The Morgan fingerprint density at radius 1 is 1.12 bits per heavy atom. The number of aldehydes is 1. The minimum Gasteiger partial charge on any atom is -0.453 e. The molecule has 1 amide bonds. The monoisotopic (exact) mass is 339 g/mol. The van der Waals surface area contributed by atoms with Gasteiger partial charge in [0.1, 0.15) is 5.76 Å². The maximum Gasteiger partial charge on any atom is 0.255 e. The first-order chi connectivity index (χ1) is 11.6. The fourth-order valence-corrected chi connectivity index (χ4v) is 2.48. The van der Waals surface area contributed by atoms with Gasteiger partial charge in [-0.25, -0.2) is 0 Å². The summed E-state index contributed by atoms with van der Waals surface area (Å²) in [5.41, 5.74) is 2.79. The summed E-state index contributed by atoms with van der Waals surface area (Å²) in [5, 5.41) is 3.41. The van der Waals surface area contributed by atoms with E-state index < -0.39 is 0 Å². The molecule has 1 aromatic heterocycles. The number of carbonyl (C=O) groups excluding carboxylic acids is 2. The van der Waals surface area contributed by atoms with Crippen molar-refractivity contribution >= 4 is 29.5 Å². The lowest BCUT2D eigenvalue weighted by Gasteiger charge is -2.09. The summed E-state index contributed by atoms with van der Waals surface area (Å²) < 4.78 is 5.39. The second-order valence-corrected chi connectivity index (χ2v) is 5.75. The third-order valence-electron chi connectivity index (χ3n) is 3.60. The molecular weight excluding hydrogens is 326 g/mol. The van der Waals surface area contributed by atoms with Crippen molar-refractivity contribution in [2.24, 2.45) is 0 Å². The summed E-state index contributed by atoms with van der Waals surface area (Å²) in [6.07, 6.45) is 0.641. The Morgan fingerprint density at radius 2 is 1.96 bits per heavy atom. The van der Waals surface area contributed by atoms with E-state index in [0.717, 1.165) is 11.1 Å². The van der Waals surface area contributed by atoms with Gasteiger partial charge in [0.05, 0.1) is 0 Å². The smallest absolute Gasteiger partial charge is 0.255 e. The molecule has 0 saturated heterocycles. The van der Waals surface area contributed by atoms with E-state index in [1.165, 1.54) is 0 Å². The van der Waals surface area contributed by atoms with E-state index in [1.54, 1.807) is 42.5 Å². The molecule has 0 fully saturated rings. The van der Waals surface area contributed by atoms with E-state index in [-0.39, 0.29) is 11.7 Å². The highest BCUT2D eigenvalue weighted by atomic mass is 35.5. The molecule has 0 unspecified atom stereocenters. The van der Waals surface area contributed by atoms with Gasteiger partial charge in [-0.1, -0.05) is 29.8 Å². The van der Waals surface area contributed by atoms with E-state index in [0.29, 0.717) is 28.3 Å².